The summed E-state index contributed by atoms with van der Waals surface area (Å²) in [6.45, 7) is 9.11. The molecule has 1 amide bonds. The minimum atomic E-state index is -0.0931. The molecule has 0 atom stereocenters. The van der Waals surface area contributed by atoms with E-state index in [1.165, 1.54) is 16.7 Å². The van der Waals surface area contributed by atoms with Gasteiger partial charge in [0.15, 0.2) is 0 Å². The molecule has 0 spiro atoms. The van der Waals surface area contributed by atoms with Gasteiger partial charge >= 0.3 is 0 Å². The van der Waals surface area contributed by atoms with Gasteiger partial charge in [0.2, 0.25) is 5.91 Å². The minimum Gasteiger partial charge on any atom is -0.396 e. The van der Waals surface area contributed by atoms with E-state index in [1.807, 2.05) is 0 Å². The highest BCUT2D eigenvalue weighted by atomic mass is 16.3. The lowest BCUT2D eigenvalue weighted by atomic mass is 9.85. The number of aliphatic hydroxyl groups is 1. The lowest BCUT2D eigenvalue weighted by molar-refractivity contribution is -0.131. The second-order valence-corrected chi connectivity index (χ2v) is 6.11. The second-order valence-electron chi connectivity index (χ2n) is 6.11. The molecule has 0 bridgehead atoms. The Morgan fingerprint density at radius 3 is 2.47 bits per heavy atom. The molecule has 3 heteroatoms. The van der Waals surface area contributed by atoms with Gasteiger partial charge in [-0.05, 0) is 29.0 Å². The lowest BCUT2D eigenvalue weighted by Gasteiger charge is -2.23. The van der Waals surface area contributed by atoms with Gasteiger partial charge in [-0.25, -0.2) is 0 Å². The number of rotatable bonds is 4. The van der Waals surface area contributed by atoms with Gasteiger partial charge in [-0.2, -0.15) is 0 Å². The zero-order chi connectivity index (χ0) is 14.6. The Labute approximate surface area is 116 Å². The van der Waals surface area contributed by atoms with Crippen molar-refractivity contribution in [2.45, 2.75) is 46.1 Å². The standard InChI is InChI=1S/C16H25NO2/c1-12-6-7-14(16(2,3)4)10-13(12)11-17(5)15(19)8-9-18/h6-7,10,18H,8-9,11H2,1-5H3. The normalized spacial score (nSPS) is 11.5. The van der Waals surface area contributed by atoms with Crippen molar-refractivity contribution in [3.8, 4) is 0 Å². The highest BCUT2D eigenvalue weighted by Gasteiger charge is 2.16. The maximum atomic E-state index is 11.7. The molecule has 0 saturated heterocycles. The Balaban J connectivity index is 2.91. The Hall–Kier alpha value is -1.35. The molecule has 1 aromatic carbocycles. The van der Waals surface area contributed by atoms with Crippen LogP contribution in [0, 0.1) is 6.92 Å². The molecule has 1 rings (SSSR count). The molecule has 1 N–H and O–H groups in total. The number of aryl methyl sites for hydroxylation is 1. The molecular formula is C16H25NO2. The van der Waals surface area contributed by atoms with Crippen molar-refractivity contribution in [1.29, 1.82) is 0 Å². The highest BCUT2D eigenvalue weighted by molar-refractivity contribution is 5.75. The first-order chi connectivity index (χ1) is 8.75. The molecule has 0 aliphatic carbocycles. The Morgan fingerprint density at radius 1 is 1.32 bits per heavy atom. The van der Waals surface area contributed by atoms with E-state index in [2.05, 4.69) is 45.9 Å². The van der Waals surface area contributed by atoms with Crippen molar-refractivity contribution >= 4 is 5.91 Å². The number of hydrogen-bond acceptors (Lipinski definition) is 2. The van der Waals surface area contributed by atoms with Gasteiger partial charge in [-0.3, -0.25) is 4.79 Å². The summed E-state index contributed by atoms with van der Waals surface area (Å²) in [5, 5.41) is 8.81. The zero-order valence-electron chi connectivity index (χ0n) is 12.7. The van der Waals surface area contributed by atoms with Crippen LogP contribution in [0.25, 0.3) is 0 Å². The SMILES string of the molecule is Cc1ccc(C(C)(C)C)cc1CN(C)C(=O)CCO. The molecule has 0 aliphatic heterocycles. The van der Waals surface area contributed by atoms with Crippen molar-refractivity contribution in [2.24, 2.45) is 0 Å². The van der Waals surface area contributed by atoms with Crippen molar-refractivity contribution in [1.82, 2.24) is 4.90 Å². The summed E-state index contributed by atoms with van der Waals surface area (Å²) in [4.78, 5) is 13.4. The number of nitrogens with zero attached hydrogens (tertiary/aromatic N) is 1. The summed E-state index contributed by atoms with van der Waals surface area (Å²) in [7, 11) is 1.78. The largest absolute Gasteiger partial charge is 0.396 e. The van der Waals surface area contributed by atoms with Crippen LogP contribution < -0.4 is 0 Å². The predicted octanol–water partition coefficient (Wildman–Crippen LogP) is 2.63. The summed E-state index contributed by atoms with van der Waals surface area (Å²) in [5.74, 6) is -0.0249. The van der Waals surface area contributed by atoms with Gasteiger partial charge in [-0.1, -0.05) is 39.0 Å². The van der Waals surface area contributed by atoms with E-state index in [1.54, 1.807) is 11.9 Å². The molecule has 0 aromatic heterocycles. The van der Waals surface area contributed by atoms with Gasteiger partial charge in [0.1, 0.15) is 0 Å². The predicted molar refractivity (Wildman–Crippen MR) is 78.1 cm³/mol. The quantitative estimate of drug-likeness (QED) is 0.907. The Bertz CT molecular complexity index is 447. The summed E-state index contributed by atoms with van der Waals surface area (Å²) in [6, 6.07) is 6.44. The second kappa shape index (κ2) is 6.20. The van der Waals surface area contributed by atoms with Crippen LogP contribution in [0.15, 0.2) is 18.2 Å². The molecule has 0 heterocycles. The maximum absolute atomic E-state index is 11.7. The van der Waals surface area contributed by atoms with Crippen LogP contribution in [0.5, 0.6) is 0 Å². The van der Waals surface area contributed by atoms with Gasteiger partial charge < -0.3 is 10.0 Å². The number of aliphatic hydroxyl groups excluding tert-OH is 1. The molecule has 3 nitrogen and oxygen atoms in total. The summed E-state index contributed by atoms with van der Waals surface area (Å²) < 4.78 is 0. The van der Waals surface area contributed by atoms with Crippen LogP contribution in [0.4, 0.5) is 0 Å². The number of carbonyl (C=O) groups is 1. The van der Waals surface area contributed by atoms with Crippen molar-refractivity contribution in [3.05, 3.63) is 34.9 Å². The van der Waals surface area contributed by atoms with E-state index >= 15 is 0 Å². The minimum absolute atomic E-state index is 0.0249. The molecule has 19 heavy (non-hydrogen) atoms. The summed E-state index contributed by atoms with van der Waals surface area (Å²) in [5.41, 5.74) is 3.74. The van der Waals surface area contributed by atoms with E-state index < -0.39 is 0 Å². The third kappa shape index (κ3) is 4.35. The molecule has 106 valence electrons. The molecule has 0 fully saturated rings. The fraction of sp³-hybridized carbons (Fsp3) is 0.562. The fourth-order valence-corrected chi connectivity index (χ4v) is 1.94. The highest BCUT2D eigenvalue weighted by Crippen LogP contribution is 2.25. The first-order valence-electron chi connectivity index (χ1n) is 6.70. The fourth-order valence-electron chi connectivity index (χ4n) is 1.94. The van der Waals surface area contributed by atoms with E-state index in [4.69, 9.17) is 5.11 Å². The van der Waals surface area contributed by atoms with E-state index in [0.717, 1.165) is 0 Å². The lowest BCUT2D eigenvalue weighted by Crippen LogP contribution is -2.27. The molecule has 0 saturated carbocycles. The van der Waals surface area contributed by atoms with Crippen LogP contribution in [0.1, 0.15) is 43.9 Å². The van der Waals surface area contributed by atoms with Gasteiger partial charge in [0.25, 0.3) is 0 Å². The van der Waals surface area contributed by atoms with Crippen LogP contribution in [0.3, 0.4) is 0 Å². The third-order valence-electron chi connectivity index (χ3n) is 3.37. The zero-order valence-corrected chi connectivity index (χ0v) is 12.7. The molecule has 0 radical (unpaired) electrons. The van der Waals surface area contributed by atoms with Gasteiger partial charge in [0.05, 0.1) is 6.61 Å². The first kappa shape index (κ1) is 15.7. The average molecular weight is 263 g/mol. The first-order valence-corrected chi connectivity index (χ1v) is 6.70. The number of benzene rings is 1. The molecular weight excluding hydrogens is 238 g/mol. The Morgan fingerprint density at radius 2 is 1.95 bits per heavy atom. The van der Waals surface area contributed by atoms with Crippen molar-refractivity contribution in [3.63, 3.8) is 0 Å². The smallest absolute Gasteiger partial charge is 0.224 e. The Kier molecular flexibility index (Phi) is 5.12. The van der Waals surface area contributed by atoms with E-state index in [0.29, 0.717) is 6.54 Å². The van der Waals surface area contributed by atoms with Crippen LogP contribution in [0.2, 0.25) is 0 Å². The number of carbonyl (C=O) groups excluding carboxylic acids is 1. The maximum Gasteiger partial charge on any atom is 0.224 e. The third-order valence-corrected chi connectivity index (χ3v) is 3.37. The van der Waals surface area contributed by atoms with Gasteiger partial charge in [0, 0.05) is 20.0 Å². The van der Waals surface area contributed by atoms with Crippen molar-refractivity contribution < 1.29 is 9.90 Å². The van der Waals surface area contributed by atoms with E-state index in [9.17, 15) is 4.79 Å². The summed E-state index contributed by atoms with van der Waals surface area (Å²) >= 11 is 0. The van der Waals surface area contributed by atoms with Crippen molar-refractivity contribution in [2.75, 3.05) is 13.7 Å². The molecule has 1 aromatic rings. The molecule has 0 aliphatic rings. The van der Waals surface area contributed by atoms with Crippen LogP contribution >= 0.6 is 0 Å². The monoisotopic (exact) mass is 263 g/mol. The molecule has 0 unspecified atom stereocenters. The van der Waals surface area contributed by atoms with Gasteiger partial charge in [-0.15, -0.1) is 0 Å². The van der Waals surface area contributed by atoms with Crippen LogP contribution in [-0.2, 0) is 16.8 Å². The van der Waals surface area contributed by atoms with Crippen LogP contribution in [-0.4, -0.2) is 29.6 Å². The summed E-state index contributed by atoms with van der Waals surface area (Å²) in [6.07, 6.45) is 0.189. The van der Waals surface area contributed by atoms with E-state index in [-0.39, 0.29) is 24.3 Å². The number of hydrogen-bond donors (Lipinski definition) is 1. The average Bonchev–Trinajstić information content (AvgIpc) is 2.30. The number of amides is 1. The topological polar surface area (TPSA) is 40.5 Å².